The fourth-order valence-electron chi connectivity index (χ4n) is 3.55. The highest BCUT2D eigenvalue weighted by Crippen LogP contribution is 2.21. The summed E-state index contributed by atoms with van der Waals surface area (Å²) in [6.07, 6.45) is 3.49. The van der Waals surface area contributed by atoms with E-state index in [2.05, 4.69) is 37.7 Å². The van der Waals surface area contributed by atoms with E-state index in [1.807, 2.05) is 4.90 Å². The van der Waals surface area contributed by atoms with E-state index in [1.165, 1.54) is 11.1 Å². The SMILES string of the molecule is Fc1cnc(N[C@H]2CCCN(Cc3cccs3)C2)nc1N1CCOCC1. The second-order valence-corrected chi connectivity index (χ2v) is 7.79. The summed E-state index contributed by atoms with van der Waals surface area (Å²) in [7, 11) is 0. The fraction of sp³-hybridized carbons (Fsp3) is 0.556. The minimum atomic E-state index is -0.375. The minimum absolute atomic E-state index is 0.284. The Kier molecular flexibility index (Phi) is 5.62. The van der Waals surface area contributed by atoms with Crippen molar-refractivity contribution in [3.05, 3.63) is 34.4 Å². The molecule has 2 fully saturated rings. The van der Waals surface area contributed by atoms with E-state index in [4.69, 9.17) is 4.74 Å². The maximum Gasteiger partial charge on any atom is 0.225 e. The molecule has 0 radical (unpaired) electrons. The second-order valence-electron chi connectivity index (χ2n) is 6.76. The maximum atomic E-state index is 14.2. The van der Waals surface area contributed by atoms with Crippen molar-refractivity contribution in [3.63, 3.8) is 0 Å². The van der Waals surface area contributed by atoms with Crippen LogP contribution in [0.25, 0.3) is 0 Å². The predicted molar refractivity (Wildman–Crippen MR) is 101 cm³/mol. The number of hydrogen-bond donors (Lipinski definition) is 1. The van der Waals surface area contributed by atoms with Crippen LogP contribution in [0.4, 0.5) is 16.2 Å². The molecule has 1 atom stereocenters. The fourth-order valence-corrected chi connectivity index (χ4v) is 4.29. The van der Waals surface area contributed by atoms with Crippen LogP contribution in [0.2, 0.25) is 0 Å². The zero-order chi connectivity index (χ0) is 17.8. The van der Waals surface area contributed by atoms with Crippen molar-refractivity contribution in [2.75, 3.05) is 49.6 Å². The monoisotopic (exact) mass is 377 g/mol. The van der Waals surface area contributed by atoms with Gasteiger partial charge in [-0.3, -0.25) is 4.90 Å². The first-order chi connectivity index (χ1) is 12.8. The van der Waals surface area contributed by atoms with Gasteiger partial charge in [0.2, 0.25) is 5.95 Å². The molecule has 26 heavy (non-hydrogen) atoms. The molecule has 140 valence electrons. The molecule has 0 aromatic carbocycles. The lowest BCUT2D eigenvalue weighted by atomic mass is 10.1. The first kappa shape index (κ1) is 17.6. The number of thiophene rings is 1. The van der Waals surface area contributed by atoms with Gasteiger partial charge in [0.05, 0.1) is 19.4 Å². The summed E-state index contributed by atoms with van der Waals surface area (Å²) in [5, 5.41) is 5.53. The van der Waals surface area contributed by atoms with E-state index >= 15 is 0 Å². The topological polar surface area (TPSA) is 53.5 Å². The van der Waals surface area contributed by atoms with Crippen LogP contribution < -0.4 is 10.2 Å². The lowest BCUT2D eigenvalue weighted by Crippen LogP contribution is -2.42. The third-order valence-electron chi connectivity index (χ3n) is 4.83. The Balaban J connectivity index is 1.40. The third kappa shape index (κ3) is 4.31. The van der Waals surface area contributed by atoms with Crippen molar-refractivity contribution in [1.29, 1.82) is 0 Å². The number of rotatable bonds is 5. The Bertz CT molecular complexity index is 708. The van der Waals surface area contributed by atoms with Gasteiger partial charge in [0, 0.05) is 37.1 Å². The molecule has 8 heteroatoms. The number of ether oxygens (including phenoxy) is 1. The van der Waals surface area contributed by atoms with Gasteiger partial charge in [0.15, 0.2) is 11.6 Å². The van der Waals surface area contributed by atoms with Crippen LogP contribution in [0, 0.1) is 5.82 Å². The van der Waals surface area contributed by atoms with Gasteiger partial charge in [0.25, 0.3) is 0 Å². The van der Waals surface area contributed by atoms with Crippen LogP contribution in [0.3, 0.4) is 0 Å². The zero-order valence-electron chi connectivity index (χ0n) is 14.7. The number of aromatic nitrogens is 2. The molecule has 0 saturated carbocycles. The molecule has 4 rings (SSSR count). The number of halogens is 1. The van der Waals surface area contributed by atoms with Crippen molar-refractivity contribution in [3.8, 4) is 0 Å². The molecule has 2 saturated heterocycles. The smallest absolute Gasteiger partial charge is 0.225 e. The summed E-state index contributed by atoms with van der Waals surface area (Å²) in [4.78, 5) is 14.4. The Morgan fingerprint density at radius 2 is 2.19 bits per heavy atom. The predicted octanol–water partition coefficient (Wildman–Crippen LogP) is 2.59. The molecule has 0 unspecified atom stereocenters. The van der Waals surface area contributed by atoms with Gasteiger partial charge in [-0.1, -0.05) is 6.07 Å². The average molecular weight is 377 g/mol. The van der Waals surface area contributed by atoms with Gasteiger partial charge in [-0.15, -0.1) is 11.3 Å². The lowest BCUT2D eigenvalue weighted by Gasteiger charge is -2.33. The third-order valence-corrected chi connectivity index (χ3v) is 5.70. The number of likely N-dealkylation sites (tertiary alicyclic amines) is 1. The van der Waals surface area contributed by atoms with Crippen molar-refractivity contribution in [2.45, 2.75) is 25.4 Å². The Hall–Kier alpha value is -1.77. The molecule has 2 aliphatic heterocycles. The first-order valence-electron chi connectivity index (χ1n) is 9.14. The largest absolute Gasteiger partial charge is 0.378 e. The Labute approximate surface area is 157 Å². The van der Waals surface area contributed by atoms with Crippen LogP contribution in [0.15, 0.2) is 23.7 Å². The van der Waals surface area contributed by atoms with E-state index in [-0.39, 0.29) is 11.9 Å². The molecule has 2 aliphatic rings. The normalized spacial score (nSPS) is 21.7. The summed E-state index contributed by atoms with van der Waals surface area (Å²) >= 11 is 1.80. The molecule has 2 aromatic rings. The zero-order valence-corrected chi connectivity index (χ0v) is 15.6. The summed E-state index contributed by atoms with van der Waals surface area (Å²) in [6, 6.07) is 4.56. The van der Waals surface area contributed by atoms with Gasteiger partial charge in [-0.05, 0) is 30.8 Å². The quantitative estimate of drug-likeness (QED) is 0.864. The molecule has 4 heterocycles. The van der Waals surface area contributed by atoms with E-state index in [1.54, 1.807) is 11.3 Å². The van der Waals surface area contributed by atoms with Crippen LogP contribution in [0.5, 0.6) is 0 Å². The number of nitrogens with zero attached hydrogens (tertiary/aromatic N) is 4. The standard InChI is InChI=1S/C18H24FN5OS/c19-16-11-20-18(22-17(16)24-6-8-25-9-7-24)21-14-3-1-5-23(12-14)13-15-4-2-10-26-15/h2,4,10-11,14H,1,3,5-9,12-13H2,(H,20,21,22)/t14-/m0/s1. The minimum Gasteiger partial charge on any atom is -0.378 e. The second kappa shape index (κ2) is 8.28. The number of anilines is 2. The van der Waals surface area contributed by atoms with Crippen molar-refractivity contribution >= 4 is 23.1 Å². The van der Waals surface area contributed by atoms with Crippen LogP contribution in [-0.2, 0) is 11.3 Å². The number of piperidine rings is 1. The van der Waals surface area contributed by atoms with Gasteiger partial charge in [-0.25, -0.2) is 9.37 Å². The van der Waals surface area contributed by atoms with Crippen LogP contribution in [0.1, 0.15) is 17.7 Å². The van der Waals surface area contributed by atoms with Gasteiger partial charge in [0.1, 0.15) is 0 Å². The van der Waals surface area contributed by atoms with Crippen LogP contribution in [-0.4, -0.2) is 60.3 Å². The van der Waals surface area contributed by atoms with E-state index < -0.39 is 0 Å². The number of hydrogen-bond acceptors (Lipinski definition) is 7. The summed E-state index contributed by atoms with van der Waals surface area (Å²) in [6.45, 7) is 5.57. The Morgan fingerprint density at radius 3 is 3.00 bits per heavy atom. The van der Waals surface area contributed by atoms with Crippen molar-refractivity contribution < 1.29 is 9.13 Å². The first-order valence-corrected chi connectivity index (χ1v) is 10.0. The van der Waals surface area contributed by atoms with Gasteiger partial charge >= 0.3 is 0 Å². The van der Waals surface area contributed by atoms with Crippen LogP contribution >= 0.6 is 11.3 Å². The Morgan fingerprint density at radius 1 is 1.31 bits per heavy atom. The molecule has 0 aliphatic carbocycles. The maximum absolute atomic E-state index is 14.2. The highest BCUT2D eigenvalue weighted by atomic mass is 32.1. The lowest BCUT2D eigenvalue weighted by molar-refractivity contribution is 0.122. The molecular formula is C18H24FN5OS. The van der Waals surface area contributed by atoms with E-state index in [0.717, 1.165) is 32.5 Å². The van der Waals surface area contributed by atoms with E-state index in [0.29, 0.717) is 38.1 Å². The van der Waals surface area contributed by atoms with Gasteiger partial charge < -0.3 is 15.0 Å². The average Bonchev–Trinajstić information content (AvgIpc) is 3.17. The molecule has 6 nitrogen and oxygen atoms in total. The highest BCUT2D eigenvalue weighted by Gasteiger charge is 2.22. The molecule has 1 N–H and O–H groups in total. The molecule has 0 amide bonds. The molecule has 0 bridgehead atoms. The number of nitrogens with one attached hydrogen (secondary N) is 1. The van der Waals surface area contributed by atoms with Crippen molar-refractivity contribution in [1.82, 2.24) is 14.9 Å². The van der Waals surface area contributed by atoms with E-state index in [9.17, 15) is 4.39 Å². The van der Waals surface area contributed by atoms with Gasteiger partial charge in [-0.2, -0.15) is 4.98 Å². The molecular weight excluding hydrogens is 353 g/mol. The highest BCUT2D eigenvalue weighted by molar-refractivity contribution is 7.09. The number of morpholine rings is 1. The molecule has 0 spiro atoms. The summed E-state index contributed by atoms with van der Waals surface area (Å²) < 4.78 is 19.5. The summed E-state index contributed by atoms with van der Waals surface area (Å²) in [5.74, 6) is 0.508. The molecule has 2 aromatic heterocycles. The summed E-state index contributed by atoms with van der Waals surface area (Å²) in [5.41, 5.74) is 0. The van der Waals surface area contributed by atoms with Crippen molar-refractivity contribution in [2.24, 2.45) is 0 Å².